The molecule has 0 aliphatic rings. The van der Waals surface area contributed by atoms with Gasteiger partial charge in [-0.05, 0) is 42.0 Å². The first-order valence-electron chi connectivity index (χ1n) is 8.65. The second-order valence-electron chi connectivity index (χ2n) is 5.87. The van der Waals surface area contributed by atoms with Gasteiger partial charge in [0.25, 0.3) is 5.91 Å². The first kappa shape index (κ1) is 21.8. The number of halogens is 2. The molecule has 2 N–H and O–H groups in total. The fourth-order valence-electron chi connectivity index (χ4n) is 2.35. The molecule has 0 atom stereocenters. The largest absolute Gasteiger partial charge is 0.383 e. The van der Waals surface area contributed by atoms with Gasteiger partial charge in [-0.15, -0.1) is 0 Å². The van der Waals surface area contributed by atoms with E-state index in [9.17, 15) is 22.0 Å². The molecule has 0 heterocycles. The van der Waals surface area contributed by atoms with Gasteiger partial charge >= 0.3 is 6.61 Å². The van der Waals surface area contributed by atoms with E-state index in [1.54, 1.807) is 43.3 Å². The number of rotatable bonds is 10. The van der Waals surface area contributed by atoms with Crippen molar-refractivity contribution < 1.29 is 26.7 Å². The van der Waals surface area contributed by atoms with Crippen molar-refractivity contribution in [2.24, 2.45) is 0 Å². The van der Waals surface area contributed by atoms with E-state index in [4.69, 9.17) is 0 Å². The van der Waals surface area contributed by atoms with Crippen LogP contribution >= 0.6 is 0 Å². The second-order valence-corrected chi connectivity index (χ2v) is 8.14. The van der Waals surface area contributed by atoms with Gasteiger partial charge in [-0.1, -0.05) is 19.1 Å². The molecule has 0 aliphatic carbocycles. The van der Waals surface area contributed by atoms with Gasteiger partial charge in [0.1, 0.15) is 0 Å². The van der Waals surface area contributed by atoms with E-state index in [1.165, 1.54) is 12.1 Å². The van der Waals surface area contributed by atoms with Crippen LogP contribution in [-0.4, -0.2) is 39.8 Å². The van der Waals surface area contributed by atoms with Gasteiger partial charge in [0, 0.05) is 24.3 Å². The summed E-state index contributed by atoms with van der Waals surface area (Å²) >= 11 is 0. The Balaban J connectivity index is 1.84. The number of alkyl halides is 2. The highest BCUT2D eigenvalue weighted by Crippen LogP contribution is 2.13. The maximum Gasteiger partial charge on any atom is 0.345 e. The van der Waals surface area contributed by atoms with E-state index in [1.807, 2.05) is 0 Å². The van der Waals surface area contributed by atoms with Crippen LogP contribution in [0.3, 0.4) is 0 Å². The highest BCUT2D eigenvalue weighted by Gasteiger charge is 2.11. The molecule has 1 amide bonds. The van der Waals surface area contributed by atoms with Crippen molar-refractivity contribution in [3.05, 3.63) is 59.7 Å². The Morgan fingerprint density at radius 3 is 2.29 bits per heavy atom. The lowest BCUT2D eigenvalue weighted by atomic mass is 10.1. The molecule has 0 spiro atoms. The second kappa shape index (κ2) is 10.1. The molecule has 0 aromatic heterocycles. The number of hydrogen-bond donors (Lipinski definition) is 2. The predicted octanol–water partition coefficient (Wildman–Crippen LogP) is 3.06. The zero-order valence-electron chi connectivity index (χ0n) is 15.3. The summed E-state index contributed by atoms with van der Waals surface area (Å²) in [5.74, 6) is -0.245. The van der Waals surface area contributed by atoms with Crippen LogP contribution in [0.5, 0.6) is 0 Å². The summed E-state index contributed by atoms with van der Waals surface area (Å²) in [7, 11) is -3.24. The number of carbonyl (C=O) groups excluding carboxylic acids is 1. The van der Waals surface area contributed by atoms with Crippen LogP contribution in [0.25, 0.3) is 0 Å². The number of anilines is 1. The Morgan fingerprint density at radius 1 is 1.07 bits per heavy atom. The van der Waals surface area contributed by atoms with Gasteiger partial charge in [-0.25, -0.2) is 8.42 Å². The van der Waals surface area contributed by atoms with Crippen LogP contribution in [0.15, 0.2) is 53.4 Å². The van der Waals surface area contributed by atoms with Crippen LogP contribution in [0.4, 0.5) is 14.5 Å². The molecule has 0 radical (unpaired) electrons. The van der Waals surface area contributed by atoms with Gasteiger partial charge in [0.2, 0.25) is 0 Å². The monoisotopic (exact) mass is 412 g/mol. The molecule has 0 aliphatic heterocycles. The molecule has 2 aromatic rings. The molecular formula is C19H22F2N2O4S. The maximum absolute atomic E-state index is 12.2. The smallest absolute Gasteiger partial charge is 0.345 e. The minimum atomic E-state index is -3.24. The number of carbonyl (C=O) groups is 1. The number of nitrogens with one attached hydrogen (secondary N) is 2. The number of ether oxygens (including phenoxy) is 1. The van der Waals surface area contributed by atoms with Crippen LogP contribution in [0.1, 0.15) is 22.8 Å². The SMILES string of the molecule is CCS(=O)(=O)c1ccc(CNC(=O)c2ccc(NCCOC(F)F)cc2)cc1. The zero-order chi connectivity index (χ0) is 20.6. The van der Waals surface area contributed by atoms with Crippen molar-refractivity contribution >= 4 is 21.4 Å². The summed E-state index contributed by atoms with van der Waals surface area (Å²) in [6, 6.07) is 12.9. The lowest BCUT2D eigenvalue weighted by Gasteiger charge is -2.09. The maximum atomic E-state index is 12.2. The molecule has 0 saturated carbocycles. The summed E-state index contributed by atoms with van der Waals surface area (Å²) in [5.41, 5.74) is 1.91. The highest BCUT2D eigenvalue weighted by molar-refractivity contribution is 7.91. The minimum absolute atomic E-state index is 0.0349. The molecule has 28 heavy (non-hydrogen) atoms. The average Bonchev–Trinajstić information content (AvgIpc) is 2.70. The Bertz CT molecular complexity index is 870. The lowest BCUT2D eigenvalue weighted by Crippen LogP contribution is -2.22. The topological polar surface area (TPSA) is 84.5 Å². The fourth-order valence-corrected chi connectivity index (χ4v) is 3.23. The molecule has 0 bridgehead atoms. The van der Waals surface area contributed by atoms with Gasteiger partial charge < -0.3 is 15.4 Å². The molecule has 0 fully saturated rings. The molecule has 0 unspecified atom stereocenters. The predicted molar refractivity (Wildman–Crippen MR) is 102 cm³/mol. The van der Waals surface area contributed by atoms with Crippen molar-refractivity contribution in [3.8, 4) is 0 Å². The van der Waals surface area contributed by atoms with E-state index >= 15 is 0 Å². The van der Waals surface area contributed by atoms with Gasteiger partial charge in [0.05, 0.1) is 17.3 Å². The van der Waals surface area contributed by atoms with Crippen LogP contribution in [0.2, 0.25) is 0 Å². The third kappa shape index (κ3) is 6.58. The van der Waals surface area contributed by atoms with Crippen molar-refractivity contribution in [1.29, 1.82) is 0 Å². The standard InChI is InChI=1S/C19H22F2N2O4S/c1-2-28(25,26)17-9-3-14(4-10-17)13-23-18(24)15-5-7-16(8-6-15)22-11-12-27-19(20)21/h3-10,19,22H,2,11-13H2,1H3,(H,23,24). The third-order valence-electron chi connectivity index (χ3n) is 3.94. The first-order valence-corrected chi connectivity index (χ1v) is 10.3. The molecular weight excluding hydrogens is 390 g/mol. The molecule has 6 nitrogen and oxygen atoms in total. The van der Waals surface area contributed by atoms with Crippen molar-refractivity contribution in [2.45, 2.75) is 25.0 Å². The van der Waals surface area contributed by atoms with Crippen LogP contribution in [-0.2, 0) is 21.1 Å². The quantitative estimate of drug-likeness (QED) is 0.586. The molecule has 2 aromatic carbocycles. The van der Waals surface area contributed by atoms with E-state index < -0.39 is 16.4 Å². The zero-order valence-corrected chi connectivity index (χ0v) is 16.1. The van der Waals surface area contributed by atoms with Crippen molar-refractivity contribution in [2.75, 3.05) is 24.2 Å². The van der Waals surface area contributed by atoms with Gasteiger partial charge in [-0.3, -0.25) is 4.79 Å². The summed E-state index contributed by atoms with van der Waals surface area (Å²) in [6.07, 6.45) is 0. The number of amides is 1. The summed E-state index contributed by atoms with van der Waals surface area (Å²) in [4.78, 5) is 12.5. The van der Waals surface area contributed by atoms with Gasteiger partial charge in [0.15, 0.2) is 9.84 Å². The molecule has 152 valence electrons. The number of benzene rings is 2. The normalized spacial score (nSPS) is 11.4. The Hall–Kier alpha value is -2.52. The van der Waals surface area contributed by atoms with Crippen LogP contribution < -0.4 is 10.6 Å². The lowest BCUT2D eigenvalue weighted by molar-refractivity contribution is -0.125. The minimum Gasteiger partial charge on any atom is -0.383 e. The summed E-state index contributed by atoms with van der Waals surface area (Å²) in [6.45, 7) is -0.851. The highest BCUT2D eigenvalue weighted by atomic mass is 32.2. The number of sulfone groups is 1. The summed E-state index contributed by atoms with van der Waals surface area (Å²) < 4.78 is 51.4. The van der Waals surface area contributed by atoms with Gasteiger partial charge in [-0.2, -0.15) is 8.78 Å². The van der Waals surface area contributed by atoms with E-state index in [0.717, 1.165) is 5.56 Å². The third-order valence-corrected chi connectivity index (χ3v) is 5.69. The summed E-state index contributed by atoms with van der Waals surface area (Å²) in [5, 5.41) is 5.67. The van der Waals surface area contributed by atoms with E-state index in [0.29, 0.717) is 11.3 Å². The number of hydrogen-bond acceptors (Lipinski definition) is 5. The molecule has 0 saturated heterocycles. The first-order chi connectivity index (χ1) is 13.3. The van der Waals surface area contributed by atoms with E-state index in [-0.39, 0.29) is 36.3 Å². The van der Waals surface area contributed by atoms with E-state index in [2.05, 4.69) is 15.4 Å². The average molecular weight is 412 g/mol. The molecule has 2 rings (SSSR count). The Kier molecular flexibility index (Phi) is 7.89. The van der Waals surface area contributed by atoms with Crippen LogP contribution in [0, 0.1) is 0 Å². The Labute approximate surface area is 162 Å². The fraction of sp³-hybridized carbons (Fsp3) is 0.316. The molecule has 9 heteroatoms. The van der Waals surface area contributed by atoms with Crippen molar-refractivity contribution in [3.63, 3.8) is 0 Å². The Morgan fingerprint density at radius 2 is 1.71 bits per heavy atom. The van der Waals surface area contributed by atoms with Crippen molar-refractivity contribution in [1.82, 2.24) is 5.32 Å².